The molecule has 2 bridgehead atoms. The third kappa shape index (κ3) is 3.11. The standard InChI is InChI=1S/C16H23ClN2O/c1-2-20-16-4-3-14(17)9-13(16)10-18-15-11-19-7-5-12(15)6-8-19/h3-4,9,12,15,18H,2,5-8,10-11H2,1H3/t15-/m0/s1. The van der Waals surface area contributed by atoms with Crippen LogP contribution < -0.4 is 10.1 Å². The van der Waals surface area contributed by atoms with E-state index in [0.29, 0.717) is 12.6 Å². The molecule has 1 aromatic rings. The molecule has 0 radical (unpaired) electrons. The molecule has 0 unspecified atom stereocenters. The Morgan fingerprint density at radius 1 is 1.35 bits per heavy atom. The van der Waals surface area contributed by atoms with E-state index in [4.69, 9.17) is 16.3 Å². The van der Waals surface area contributed by atoms with Gasteiger partial charge in [0.2, 0.25) is 0 Å². The van der Waals surface area contributed by atoms with Gasteiger partial charge in [-0.15, -0.1) is 0 Å². The van der Waals surface area contributed by atoms with Gasteiger partial charge >= 0.3 is 0 Å². The summed E-state index contributed by atoms with van der Waals surface area (Å²) in [5.74, 6) is 1.79. The Morgan fingerprint density at radius 3 is 2.80 bits per heavy atom. The SMILES string of the molecule is CCOc1ccc(Cl)cc1CN[C@H]1CN2CCC1CC2. The smallest absolute Gasteiger partial charge is 0.123 e. The molecule has 20 heavy (non-hydrogen) atoms. The van der Waals surface area contributed by atoms with E-state index in [1.54, 1.807) is 0 Å². The van der Waals surface area contributed by atoms with Crippen molar-refractivity contribution >= 4 is 11.6 Å². The third-order valence-electron chi connectivity index (χ3n) is 4.53. The summed E-state index contributed by atoms with van der Waals surface area (Å²) >= 11 is 6.11. The molecule has 3 aliphatic rings. The number of hydrogen-bond donors (Lipinski definition) is 1. The molecule has 3 aliphatic heterocycles. The number of piperidine rings is 3. The van der Waals surface area contributed by atoms with Crippen molar-refractivity contribution < 1.29 is 4.74 Å². The van der Waals surface area contributed by atoms with Crippen molar-refractivity contribution in [2.75, 3.05) is 26.2 Å². The van der Waals surface area contributed by atoms with Crippen molar-refractivity contribution in [3.63, 3.8) is 0 Å². The van der Waals surface area contributed by atoms with Gasteiger partial charge in [-0.2, -0.15) is 0 Å². The zero-order chi connectivity index (χ0) is 13.9. The van der Waals surface area contributed by atoms with Crippen molar-refractivity contribution in [3.8, 4) is 5.75 Å². The number of fused-ring (bicyclic) bond motifs is 3. The van der Waals surface area contributed by atoms with Gasteiger partial charge in [-0.25, -0.2) is 0 Å². The van der Waals surface area contributed by atoms with E-state index in [-0.39, 0.29) is 0 Å². The number of halogens is 1. The predicted molar refractivity (Wildman–Crippen MR) is 82.4 cm³/mol. The number of rotatable bonds is 5. The zero-order valence-electron chi connectivity index (χ0n) is 12.1. The Bertz CT molecular complexity index is 458. The van der Waals surface area contributed by atoms with Crippen LogP contribution in [0.5, 0.6) is 5.75 Å². The van der Waals surface area contributed by atoms with Gasteiger partial charge in [-0.05, 0) is 57.0 Å². The Kier molecular flexibility index (Phi) is 4.49. The maximum atomic E-state index is 6.11. The highest BCUT2D eigenvalue weighted by Gasteiger charge is 2.33. The topological polar surface area (TPSA) is 24.5 Å². The lowest BCUT2D eigenvalue weighted by atomic mass is 9.84. The molecule has 4 rings (SSSR count). The van der Waals surface area contributed by atoms with Gasteiger partial charge in [0, 0.05) is 29.7 Å². The van der Waals surface area contributed by atoms with Gasteiger partial charge in [0.15, 0.2) is 0 Å². The average Bonchev–Trinajstić information content (AvgIpc) is 2.49. The van der Waals surface area contributed by atoms with Crippen LogP contribution in [0.1, 0.15) is 25.3 Å². The lowest BCUT2D eigenvalue weighted by molar-refractivity contribution is 0.0719. The average molecular weight is 295 g/mol. The molecule has 0 aliphatic carbocycles. The number of hydrogen-bond acceptors (Lipinski definition) is 3. The van der Waals surface area contributed by atoms with E-state index in [1.165, 1.54) is 32.5 Å². The minimum absolute atomic E-state index is 0.617. The fourth-order valence-electron chi connectivity index (χ4n) is 3.42. The largest absolute Gasteiger partial charge is 0.494 e. The Morgan fingerprint density at radius 2 is 2.15 bits per heavy atom. The molecule has 0 saturated carbocycles. The zero-order valence-corrected chi connectivity index (χ0v) is 12.8. The maximum absolute atomic E-state index is 6.11. The number of nitrogens with zero attached hydrogens (tertiary/aromatic N) is 1. The molecule has 4 heteroatoms. The van der Waals surface area contributed by atoms with Gasteiger partial charge in [0.1, 0.15) is 5.75 Å². The summed E-state index contributed by atoms with van der Waals surface area (Å²) < 4.78 is 5.68. The summed E-state index contributed by atoms with van der Waals surface area (Å²) in [6, 6.07) is 6.50. The van der Waals surface area contributed by atoms with E-state index in [9.17, 15) is 0 Å². The van der Waals surface area contributed by atoms with Crippen LogP contribution in [-0.4, -0.2) is 37.2 Å². The highest BCUT2D eigenvalue weighted by Crippen LogP contribution is 2.28. The molecule has 3 fully saturated rings. The first-order valence-corrected chi connectivity index (χ1v) is 8.01. The van der Waals surface area contributed by atoms with Crippen LogP contribution in [0.4, 0.5) is 0 Å². The van der Waals surface area contributed by atoms with Crippen LogP contribution in [0.25, 0.3) is 0 Å². The molecule has 1 aromatic carbocycles. The summed E-state index contributed by atoms with van der Waals surface area (Å²) in [4.78, 5) is 2.57. The van der Waals surface area contributed by atoms with Crippen molar-refractivity contribution in [2.45, 2.75) is 32.4 Å². The normalized spacial score (nSPS) is 28.6. The van der Waals surface area contributed by atoms with Gasteiger partial charge < -0.3 is 15.0 Å². The second-order valence-corrected chi connectivity index (χ2v) is 6.25. The second-order valence-electron chi connectivity index (χ2n) is 5.81. The Hall–Kier alpha value is -0.770. The molecule has 1 atom stereocenters. The first kappa shape index (κ1) is 14.2. The van der Waals surface area contributed by atoms with Crippen LogP contribution in [0.3, 0.4) is 0 Å². The molecule has 0 spiro atoms. The number of nitrogens with one attached hydrogen (secondary N) is 1. The summed E-state index contributed by atoms with van der Waals surface area (Å²) in [6.07, 6.45) is 2.68. The fourth-order valence-corrected chi connectivity index (χ4v) is 3.61. The van der Waals surface area contributed by atoms with Crippen LogP contribution in [-0.2, 0) is 6.54 Å². The van der Waals surface area contributed by atoms with Crippen LogP contribution in [0, 0.1) is 5.92 Å². The van der Waals surface area contributed by atoms with E-state index in [2.05, 4.69) is 10.2 Å². The van der Waals surface area contributed by atoms with Crippen molar-refractivity contribution in [3.05, 3.63) is 28.8 Å². The van der Waals surface area contributed by atoms with Crippen molar-refractivity contribution in [1.82, 2.24) is 10.2 Å². The van der Waals surface area contributed by atoms with E-state index in [1.807, 2.05) is 25.1 Å². The summed E-state index contributed by atoms with van der Waals surface area (Å²) in [7, 11) is 0. The molecule has 3 saturated heterocycles. The minimum atomic E-state index is 0.617. The Labute approximate surface area is 126 Å². The Balaban J connectivity index is 1.64. The first-order chi connectivity index (χ1) is 9.76. The van der Waals surface area contributed by atoms with E-state index in [0.717, 1.165) is 28.8 Å². The highest BCUT2D eigenvalue weighted by molar-refractivity contribution is 6.30. The fraction of sp³-hybridized carbons (Fsp3) is 0.625. The molecule has 3 nitrogen and oxygen atoms in total. The van der Waals surface area contributed by atoms with Crippen molar-refractivity contribution in [2.24, 2.45) is 5.92 Å². The van der Waals surface area contributed by atoms with Gasteiger partial charge in [0.25, 0.3) is 0 Å². The van der Waals surface area contributed by atoms with E-state index < -0.39 is 0 Å². The van der Waals surface area contributed by atoms with Crippen LogP contribution >= 0.6 is 11.6 Å². The van der Waals surface area contributed by atoms with Gasteiger partial charge in [-0.1, -0.05) is 11.6 Å². The van der Waals surface area contributed by atoms with Crippen molar-refractivity contribution in [1.29, 1.82) is 0 Å². The monoisotopic (exact) mass is 294 g/mol. The second kappa shape index (κ2) is 6.33. The number of ether oxygens (including phenoxy) is 1. The molecular formula is C16H23ClN2O. The molecule has 110 valence electrons. The quantitative estimate of drug-likeness (QED) is 0.904. The lowest BCUT2D eigenvalue weighted by Gasteiger charge is -2.45. The maximum Gasteiger partial charge on any atom is 0.123 e. The summed E-state index contributed by atoms with van der Waals surface area (Å²) in [5.41, 5.74) is 1.16. The number of benzene rings is 1. The van der Waals surface area contributed by atoms with Crippen LogP contribution in [0.2, 0.25) is 5.02 Å². The van der Waals surface area contributed by atoms with E-state index >= 15 is 0 Å². The molecule has 0 amide bonds. The predicted octanol–water partition coefficient (Wildman–Crippen LogP) is 2.92. The van der Waals surface area contributed by atoms with Gasteiger partial charge in [-0.3, -0.25) is 0 Å². The molecule has 1 N–H and O–H groups in total. The lowest BCUT2D eigenvalue weighted by Crippen LogP contribution is -2.55. The first-order valence-electron chi connectivity index (χ1n) is 7.63. The molecular weight excluding hydrogens is 272 g/mol. The summed E-state index contributed by atoms with van der Waals surface area (Å²) in [6.45, 7) is 7.29. The van der Waals surface area contributed by atoms with Crippen LogP contribution in [0.15, 0.2) is 18.2 Å². The summed E-state index contributed by atoms with van der Waals surface area (Å²) in [5, 5.41) is 4.49. The highest BCUT2D eigenvalue weighted by atomic mass is 35.5. The van der Waals surface area contributed by atoms with Gasteiger partial charge in [0.05, 0.1) is 6.61 Å². The minimum Gasteiger partial charge on any atom is -0.494 e. The third-order valence-corrected chi connectivity index (χ3v) is 4.77. The molecule has 0 aromatic heterocycles. The molecule has 3 heterocycles.